The lowest BCUT2D eigenvalue weighted by molar-refractivity contribution is -0.132. The first-order chi connectivity index (χ1) is 14.9. The summed E-state index contributed by atoms with van der Waals surface area (Å²) in [4.78, 5) is 26.3. The Kier molecular flexibility index (Phi) is 9.13. The molecule has 0 aromatic heterocycles. The van der Waals surface area contributed by atoms with Gasteiger partial charge in [0.2, 0.25) is 0 Å². The molecule has 0 heterocycles. The van der Waals surface area contributed by atoms with E-state index in [1.54, 1.807) is 42.4 Å². The van der Waals surface area contributed by atoms with E-state index in [1.807, 2.05) is 45.9 Å². The molecule has 0 spiro atoms. The Morgan fingerprint density at radius 3 is 2.29 bits per heavy atom. The first kappa shape index (κ1) is 24.0. The summed E-state index contributed by atoms with van der Waals surface area (Å²) in [6.45, 7) is 9.00. The highest BCUT2D eigenvalue weighted by Gasteiger charge is 2.12. The molecule has 2 aromatic rings. The van der Waals surface area contributed by atoms with E-state index in [4.69, 9.17) is 14.2 Å². The van der Waals surface area contributed by atoms with Crippen molar-refractivity contribution in [2.45, 2.75) is 33.8 Å². The second kappa shape index (κ2) is 11.8. The Balaban J connectivity index is 2.06. The van der Waals surface area contributed by atoms with E-state index in [9.17, 15) is 9.59 Å². The Hall–Kier alpha value is -3.28. The molecule has 0 unspecified atom stereocenters. The van der Waals surface area contributed by atoms with Gasteiger partial charge in [0.15, 0.2) is 23.9 Å². The molecular formula is C25H31NO5. The molecular weight excluding hydrogens is 394 g/mol. The number of amides is 1. The van der Waals surface area contributed by atoms with Crippen molar-refractivity contribution in [2.75, 3.05) is 26.8 Å². The van der Waals surface area contributed by atoms with Crippen LogP contribution in [0.1, 0.15) is 43.6 Å². The van der Waals surface area contributed by atoms with E-state index < -0.39 is 0 Å². The molecule has 0 radical (unpaired) electrons. The third-order valence-electron chi connectivity index (χ3n) is 4.61. The van der Waals surface area contributed by atoms with Gasteiger partial charge < -0.3 is 19.1 Å². The average molecular weight is 426 g/mol. The molecule has 0 bridgehead atoms. The maximum atomic E-state index is 12.6. The summed E-state index contributed by atoms with van der Waals surface area (Å²) >= 11 is 0. The van der Waals surface area contributed by atoms with Crippen LogP contribution in [0.15, 0.2) is 48.5 Å². The normalized spacial score (nSPS) is 10.9. The molecule has 0 N–H and O–H groups in total. The maximum Gasteiger partial charge on any atom is 0.260 e. The zero-order valence-corrected chi connectivity index (χ0v) is 18.9. The number of carbonyl (C=O) groups is 2. The number of carbonyl (C=O) groups excluding carboxylic acids is 2. The van der Waals surface area contributed by atoms with Crippen molar-refractivity contribution in [1.29, 1.82) is 0 Å². The molecule has 6 nitrogen and oxygen atoms in total. The summed E-state index contributed by atoms with van der Waals surface area (Å²) in [6, 6.07) is 12.3. The number of hydrogen-bond acceptors (Lipinski definition) is 5. The number of ketones is 1. The molecule has 166 valence electrons. The Labute approximate surface area is 184 Å². The second-order valence-corrected chi connectivity index (χ2v) is 7.12. The van der Waals surface area contributed by atoms with E-state index in [0.717, 1.165) is 5.56 Å². The predicted octanol–water partition coefficient (Wildman–Crippen LogP) is 4.63. The summed E-state index contributed by atoms with van der Waals surface area (Å²) in [5.41, 5.74) is 1.28. The fourth-order valence-electron chi connectivity index (χ4n) is 2.98. The van der Waals surface area contributed by atoms with Crippen LogP contribution in [-0.2, 0) is 4.79 Å². The highest BCUT2D eigenvalue weighted by atomic mass is 16.5. The molecule has 2 aromatic carbocycles. The van der Waals surface area contributed by atoms with Gasteiger partial charge >= 0.3 is 0 Å². The first-order valence-corrected chi connectivity index (χ1v) is 10.5. The van der Waals surface area contributed by atoms with Gasteiger partial charge in [0.05, 0.1) is 13.2 Å². The molecule has 0 aliphatic carbocycles. The minimum absolute atomic E-state index is 0.0245. The van der Waals surface area contributed by atoms with Crippen molar-refractivity contribution in [2.24, 2.45) is 0 Å². The lowest BCUT2D eigenvalue weighted by atomic mass is 10.1. The van der Waals surface area contributed by atoms with Crippen LogP contribution in [0.25, 0.3) is 6.08 Å². The number of ether oxygens (including phenoxy) is 3. The second-order valence-electron chi connectivity index (χ2n) is 7.12. The number of benzene rings is 2. The van der Waals surface area contributed by atoms with E-state index in [0.29, 0.717) is 35.9 Å². The minimum Gasteiger partial charge on any atom is -0.493 e. The average Bonchev–Trinajstić information content (AvgIpc) is 2.77. The number of hydrogen-bond donors (Lipinski definition) is 0. The van der Waals surface area contributed by atoms with Gasteiger partial charge in [0.25, 0.3) is 5.91 Å². The molecule has 31 heavy (non-hydrogen) atoms. The fraction of sp³-hybridized carbons (Fsp3) is 0.360. The van der Waals surface area contributed by atoms with Gasteiger partial charge in [-0.25, -0.2) is 0 Å². The van der Waals surface area contributed by atoms with Crippen LogP contribution in [0.3, 0.4) is 0 Å². The molecule has 2 rings (SSSR count). The molecule has 1 amide bonds. The summed E-state index contributed by atoms with van der Waals surface area (Å²) in [7, 11) is 1.58. The van der Waals surface area contributed by atoms with Gasteiger partial charge in [-0.1, -0.05) is 12.1 Å². The standard InChI is InChI=1S/C25H31NO5/c1-6-26(7-2)24(28)17-30-21-14-11-19(12-15-21)22(27)16-13-20-9-8-10-23(29-5)25(20)31-18(3)4/h8-16,18H,6-7,17H2,1-5H3/b16-13+. The monoisotopic (exact) mass is 425 g/mol. The van der Waals surface area contributed by atoms with Crippen molar-refractivity contribution < 1.29 is 23.8 Å². The molecule has 6 heteroatoms. The Morgan fingerprint density at radius 1 is 1.03 bits per heavy atom. The summed E-state index contributed by atoms with van der Waals surface area (Å²) in [5, 5.41) is 0. The number of para-hydroxylation sites is 1. The molecule has 0 aliphatic heterocycles. The molecule has 0 fully saturated rings. The summed E-state index contributed by atoms with van der Waals surface area (Å²) < 4.78 is 16.8. The molecule has 0 aliphatic rings. The lowest BCUT2D eigenvalue weighted by Crippen LogP contribution is -2.34. The van der Waals surface area contributed by atoms with Crippen LogP contribution in [0, 0.1) is 0 Å². The minimum atomic E-state index is -0.149. The van der Waals surface area contributed by atoms with Crippen LogP contribution >= 0.6 is 0 Å². The van der Waals surface area contributed by atoms with Crippen molar-refractivity contribution >= 4 is 17.8 Å². The van der Waals surface area contributed by atoms with E-state index in [2.05, 4.69) is 0 Å². The van der Waals surface area contributed by atoms with Gasteiger partial charge in [-0.05, 0) is 70.2 Å². The topological polar surface area (TPSA) is 65.1 Å². The predicted molar refractivity (Wildman–Crippen MR) is 122 cm³/mol. The van der Waals surface area contributed by atoms with Crippen LogP contribution < -0.4 is 14.2 Å². The van der Waals surface area contributed by atoms with E-state index in [-0.39, 0.29) is 24.4 Å². The third-order valence-corrected chi connectivity index (χ3v) is 4.61. The van der Waals surface area contributed by atoms with E-state index in [1.165, 1.54) is 6.08 Å². The number of allylic oxidation sites excluding steroid dienone is 1. The first-order valence-electron chi connectivity index (χ1n) is 10.5. The van der Waals surface area contributed by atoms with E-state index >= 15 is 0 Å². The van der Waals surface area contributed by atoms with Crippen molar-refractivity contribution in [3.63, 3.8) is 0 Å². The van der Waals surface area contributed by atoms with Crippen molar-refractivity contribution in [3.8, 4) is 17.2 Å². The zero-order valence-electron chi connectivity index (χ0n) is 18.9. The summed E-state index contributed by atoms with van der Waals surface area (Å²) in [6.07, 6.45) is 3.19. The van der Waals surface area contributed by atoms with Crippen LogP contribution in [-0.4, -0.2) is 49.5 Å². The Bertz CT molecular complexity index is 899. The highest BCUT2D eigenvalue weighted by molar-refractivity contribution is 6.07. The molecule has 0 saturated heterocycles. The van der Waals surface area contributed by atoms with Crippen LogP contribution in [0.4, 0.5) is 0 Å². The van der Waals surface area contributed by atoms with Gasteiger partial charge in [-0.3, -0.25) is 9.59 Å². The number of rotatable bonds is 11. The smallest absolute Gasteiger partial charge is 0.260 e. The Morgan fingerprint density at radius 2 is 1.71 bits per heavy atom. The number of methoxy groups -OCH3 is 1. The van der Waals surface area contributed by atoms with Gasteiger partial charge in [0, 0.05) is 24.2 Å². The number of likely N-dealkylation sites (N-methyl/N-ethyl adjacent to an activating group) is 1. The maximum absolute atomic E-state index is 12.6. The molecule has 0 saturated carbocycles. The third kappa shape index (κ3) is 6.88. The van der Waals surface area contributed by atoms with Crippen molar-refractivity contribution in [3.05, 3.63) is 59.7 Å². The van der Waals surface area contributed by atoms with Crippen molar-refractivity contribution in [1.82, 2.24) is 4.90 Å². The number of nitrogens with zero attached hydrogens (tertiary/aromatic N) is 1. The fourth-order valence-corrected chi connectivity index (χ4v) is 2.98. The van der Waals surface area contributed by atoms with Crippen LogP contribution in [0.5, 0.6) is 17.2 Å². The van der Waals surface area contributed by atoms with Gasteiger partial charge in [0.1, 0.15) is 5.75 Å². The van der Waals surface area contributed by atoms with Gasteiger partial charge in [-0.2, -0.15) is 0 Å². The highest BCUT2D eigenvalue weighted by Crippen LogP contribution is 2.33. The lowest BCUT2D eigenvalue weighted by Gasteiger charge is -2.18. The SMILES string of the molecule is CCN(CC)C(=O)COc1ccc(C(=O)/C=C/c2cccc(OC)c2OC(C)C)cc1. The summed E-state index contributed by atoms with van der Waals surface area (Å²) in [5.74, 6) is 1.55. The van der Waals surface area contributed by atoms with Gasteiger partial charge in [-0.15, -0.1) is 0 Å². The largest absolute Gasteiger partial charge is 0.493 e. The quantitative estimate of drug-likeness (QED) is 0.388. The zero-order chi connectivity index (χ0) is 22.8. The van der Waals surface area contributed by atoms with Crippen LogP contribution in [0.2, 0.25) is 0 Å². The molecule has 0 atom stereocenters.